The maximum absolute atomic E-state index is 11.9. The van der Waals surface area contributed by atoms with E-state index in [1.165, 1.54) is 0 Å². The Morgan fingerprint density at radius 2 is 1.97 bits per heavy atom. The highest BCUT2D eigenvalue weighted by molar-refractivity contribution is 6.01. The fourth-order valence-corrected chi connectivity index (χ4v) is 3.41. The Kier molecular flexibility index (Phi) is 6.14. The van der Waals surface area contributed by atoms with Gasteiger partial charge in [-0.3, -0.25) is 9.78 Å². The van der Waals surface area contributed by atoms with E-state index in [9.17, 15) is 4.79 Å². The predicted octanol–water partition coefficient (Wildman–Crippen LogP) is 4.11. The average Bonchev–Trinajstić information content (AvgIpc) is 2.80. The number of aryl methyl sites for hydroxylation is 1. The summed E-state index contributed by atoms with van der Waals surface area (Å²) in [6.45, 7) is 0.700. The van der Waals surface area contributed by atoms with Gasteiger partial charge in [0.05, 0.1) is 16.8 Å². The van der Waals surface area contributed by atoms with Crippen LogP contribution in [0, 0.1) is 0 Å². The van der Waals surface area contributed by atoms with Crippen LogP contribution in [0.15, 0.2) is 67.0 Å². The number of nitrogens with one attached hydrogen (secondary N) is 1. The van der Waals surface area contributed by atoms with Gasteiger partial charge in [-0.2, -0.15) is 0 Å². The minimum Gasteiger partial charge on any atom is -0.385 e. The zero-order valence-corrected chi connectivity index (χ0v) is 17.2. The number of hydrogen-bond donors (Lipinski definition) is 2. The molecule has 0 saturated heterocycles. The number of para-hydroxylation sites is 1. The molecule has 3 N–H and O–H groups in total. The molecule has 31 heavy (non-hydrogen) atoms. The van der Waals surface area contributed by atoms with Crippen LogP contribution in [0.3, 0.4) is 0 Å². The second kappa shape index (κ2) is 9.32. The summed E-state index contributed by atoms with van der Waals surface area (Å²) in [7, 11) is 1.70. The largest absolute Gasteiger partial charge is 0.385 e. The van der Waals surface area contributed by atoms with Crippen molar-refractivity contribution < 1.29 is 9.53 Å². The summed E-state index contributed by atoms with van der Waals surface area (Å²) in [6.07, 6.45) is 5.23. The Morgan fingerprint density at radius 1 is 1.10 bits per heavy atom. The van der Waals surface area contributed by atoms with E-state index in [1.807, 2.05) is 24.3 Å². The Morgan fingerprint density at radius 3 is 2.74 bits per heavy atom. The van der Waals surface area contributed by atoms with Gasteiger partial charge in [0, 0.05) is 37.1 Å². The topological polar surface area (TPSA) is 103 Å². The first kappa shape index (κ1) is 20.4. The first-order valence-electron chi connectivity index (χ1n) is 10.0. The van der Waals surface area contributed by atoms with Crippen LogP contribution in [0.2, 0.25) is 0 Å². The number of hydrogen-bond acceptors (Lipinski definition) is 6. The van der Waals surface area contributed by atoms with Crippen LogP contribution >= 0.6 is 0 Å². The quantitative estimate of drug-likeness (QED) is 0.421. The molecule has 7 heteroatoms. The van der Waals surface area contributed by atoms with Gasteiger partial charge in [-0.15, -0.1) is 0 Å². The van der Waals surface area contributed by atoms with Crippen LogP contribution < -0.4 is 11.1 Å². The van der Waals surface area contributed by atoms with Gasteiger partial charge >= 0.3 is 0 Å². The highest BCUT2D eigenvalue weighted by atomic mass is 16.5. The smallest absolute Gasteiger partial charge is 0.250 e. The van der Waals surface area contributed by atoms with Crippen molar-refractivity contribution in [2.45, 2.75) is 12.8 Å². The molecule has 0 fully saturated rings. The molecule has 1 amide bonds. The monoisotopic (exact) mass is 413 g/mol. The number of aromatic nitrogens is 3. The lowest BCUT2D eigenvalue weighted by Gasteiger charge is -2.14. The fourth-order valence-electron chi connectivity index (χ4n) is 3.41. The molecule has 0 aliphatic carbocycles. The molecule has 0 bridgehead atoms. The van der Waals surface area contributed by atoms with Crippen molar-refractivity contribution in [3.05, 3.63) is 78.1 Å². The molecule has 2 heterocycles. The summed E-state index contributed by atoms with van der Waals surface area (Å²) in [5, 5.41) is 4.17. The standard InChI is InChI=1S/C24H23N5O2/c1-31-13-5-6-16-10-11-21-19(14-16)24(28-20-9-3-2-8-18(20)22(25)30)29-23(27-21)17-7-4-12-26-15-17/h2-4,7-12,14-15H,5-6,13H2,1H3,(H2,25,30)(H,27,28,29). The number of nitrogens with zero attached hydrogens (tertiary/aromatic N) is 3. The molecular weight excluding hydrogens is 390 g/mol. The van der Waals surface area contributed by atoms with Crippen LogP contribution in [-0.4, -0.2) is 34.6 Å². The number of anilines is 2. The summed E-state index contributed by atoms with van der Waals surface area (Å²) < 4.78 is 5.17. The minimum atomic E-state index is -0.505. The molecule has 0 atom stereocenters. The summed E-state index contributed by atoms with van der Waals surface area (Å²) in [4.78, 5) is 25.6. The zero-order chi connectivity index (χ0) is 21.6. The van der Waals surface area contributed by atoms with Crippen LogP contribution in [0.5, 0.6) is 0 Å². The number of primary amides is 1. The number of rotatable bonds is 8. The van der Waals surface area contributed by atoms with E-state index in [0.29, 0.717) is 29.5 Å². The molecule has 2 aromatic carbocycles. The Bertz CT molecular complexity index is 1210. The highest BCUT2D eigenvalue weighted by Gasteiger charge is 2.14. The van der Waals surface area contributed by atoms with Gasteiger partial charge in [-0.25, -0.2) is 9.97 Å². The van der Waals surface area contributed by atoms with Crippen molar-refractivity contribution in [1.82, 2.24) is 15.0 Å². The summed E-state index contributed by atoms with van der Waals surface area (Å²) in [5.74, 6) is 0.645. The van der Waals surface area contributed by atoms with Gasteiger partial charge in [0.2, 0.25) is 0 Å². The number of pyridine rings is 1. The molecule has 0 saturated carbocycles. The van der Waals surface area contributed by atoms with E-state index >= 15 is 0 Å². The van der Waals surface area contributed by atoms with E-state index in [0.717, 1.165) is 34.9 Å². The maximum atomic E-state index is 11.9. The van der Waals surface area contributed by atoms with Crippen LogP contribution in [0.25, 0.3) is 22.3 Å². The fraction of sp³-hybridized carbons (Fsp3) is 0.167. The number of fused-ring (bicyclic) bond motifs is 1. The van der Waals surface area contributed by atoms with Gasteiger partial charge in [-0.05, 0) is 54.8 Å². The molecule has 0 spiro atoms. The lowest BCUT2D eigenvalue weighted by Crippen LogP contribution is -2.13. The van der Waals surface area contributed by atoms with Crippen molar-refractivity contribution in [2.24, 2.45) is 5.73 Å². The molecule has 0 aliphatic heterocycles. The number of methoxy groups -OCH3 is 1. The van der Waals surface area contributed by atoms with Gasteiger partial charge in [0.1, 0.15) is 5.82 Å². The summed E-state index contributed by atoms with van der Waals surface area (Å²) in [6, 6.07) is 17.0. The third-order valence-electron chi connectivity index (χ3n) is 4.94. The van der Waals surface area contributed by atoms with Crippen LogP contribution in [-0.2, 0) is 11.2 Å². The number of benzene rings is 2. The maximum Gasteiger partial charge on any atom is 0.250 e. The molecule has 4 aromatic rings. The van der Waals surface area contributed by atoms with Gasteiger partial charge in [0.25, 0.3) is 5.91 Å². The van der Waals surface area contributed by atoms with Gasteiger partial charge in [0.15, 0.2) is 5.82 Å². The lowest BCUT2D eigenvalue weighted by molar-refractivity contribution is 0.100. The first-order valence-corrected chi connectivity index (χ1v) is 10.0. The van der Waals surface area contributed by atoms with Crippen molar-refractivity contribution in [3.63, 3.8) is 0 Å². The normalized spacial score (nSPS) is 10.9. The Hall–Kier alpha value is -3.84. The van der Waals surface area contributed by atoms with Crippen molar-refractivity contribution in [1.29, 1.82) is 0 Å². The van der Waals surface area contributed by atoms with Crippen LogP contribution in [0.4, 0.5) is 11.5 Å². The zero-order valence-electron chi connectivity index (χ0n) is 17.2. The number of ether oxygens (including phenoxy) is 1. The van der Waals surface area contributed by atoms with E-state index in [2.05, 4.69) is 22.4 Å². The second-order valence-corrected chi connectivity index (χ2v) is 7.12. The molecule has 0 radical (unpaired) electrons. The third kappa shape index (κ3) is 4.67. The molecule has 156 valence electrons. The summed E-state index contributed by atoms with van der Waals surface area (Å²) >= 11 is 0. The molecule has 0 aliphatic rings. The van der Waals surface area contributed by atoms with E-state index < -0.39 is 5.91 Å². The number of amides is 1. The van der Waals surface area contributed by atoms with Crippen molar-refractivity contribution >= 4 is 28.3 Å². The van der Waals surface area contributed by atoms with Crippen molar-refractivity contribution in [2.75, 3.05) is 19.0 Å². The highest BCUT2D eigenvalue weighted by Crippen LogP contribution is 2.29. The molecule has 2 aromatic heterocycles. The number of carbonyl (C=O) groups excluding carboxylic acids is 1. The van der Waals surface area contributed by atoms with Crippen molar-refractivity contribution in [3.8, 4) is 11.4 Å². The molecule has 4 rings (SSSR count). The predicted molar refractivity (Wildman–Crippen MR) is 121 cm³/mol. The summed E-state index contributed by atoms with van der Waals surface area (Å²) in [5.41, 5.74) is 9.31. The molecule has 7 nitrogen and oxygen atoms in total. The average molecular weight is 413 g/mol. The van der Waals surface area contributed by atoms with Crippen LogP contribution in [0.1, 0.15) is 22.3 Å². The first-order chi connectivity index (χ1) is 15.2. The molecule has 0 unspecified atom stereocenters. The van der Waals surface area contributed by atoms with E-state index in [1.54, 1.807) is 37.7 Å². The third-order valence-corrected chi connectivity index (χ3v) is 4.94. The number of carbonyl (C=O) groups is 1. The minimum absolute atomic E-state index is 0.397. The van der Waals surface area contributed by atoms with E-state index in [4.69, 9.17) is 20.4 Å². The van der Waals surface area contributed by atoms with Gasteiger partial charge < -0.3 is 15.8 Å². The molecular formula is C24H23N5O2. The SMILES string of the molecule is COCCCc1ccc2nc(-c3cccnc3)nc(Nc3ccccc3C(N)=O)c2c1. The van der Waals surface area contributed by atoms with Gasteiger partial charge in [-0.1, -0.05) is 18.2 Å². The number of nitrogens with two attached hydrogens (primary N) is 1. The Balaban J connectivity index is 1.83. The Labute approximate surface area is 180 Å². The van der Waals surface area contributed by atoms with E-state index in [-0.39, 0.29) is 0 Å². The second-order valence-electron chi connectivity index (χ2n) is 7.12. The lowest BCUT2D eigenvalue weighted by atomic mass is 10.1.